The van der Waals surface area contributed by atoms with E-state index < -0.39 is 24.2 Å². The van der Waals surface area contributed by atoms with Gasteiger partial charge in [0, 0.05) is 8.99 Å². The fraction of sp³-hybridized carbons (Fsp3) is 0.250. The van der Waals surface area contributed by atoms with Crippen LogP contribution in [0.1, 0.15) is 15.8 Å². The molecule has 5 heteroatoms. The van der Waals surface area contributed by atoms with Crippen LogP contribution in [0.15, 0.2) is 17.5 Å². The van der Waals surface area contributed by atoms with E-state index in [0.29, 0.717) is 0 Å². The Balaban J connectivity index is 3.54. The van der Waals surface area contributed by atoms with Crippen LogP contribution in [0.5, 0.6) is 0 Å². The molecule has 0 atom stereocenters. The molecule has 13 heavy (non-hydrogen) atoms. The van der Waals surface area contributed by atoms with E-state index in [4.69, 9.17) is 14.3 Å². The van der Waals surface area contributed by atoms with Crippen molar-refractivity contribution in [3.8, 4) is 0 Å². The highest BCUT2D eigenvalue weighted by Crippen LogP contribution is 2.28. The average Bonchev–Trinajstić information content (AvgIpc) is 2.53. The minimum absolute atomic E-state index is 0.215. The quantitative estimate of drug-likeness (QED) is 0.723. The monoisotopic (exact) mass is 203 g/mol. The van der Waals surface area contributed by atoms with Crippen LogP contribution in [-0.4, -0.2) is 22.2 Å². The first-order chi connectivity index (χ1) is 7.24. The van der Waals surface area contributed by atoms with Crippen LogP contribution in [0.4, 0.5) is 0 Å². The van der Waals surface area contributed by atoms with Crippen molar-refractivity contribution in [1.29, 1.82) is 0 Å². The van der Waals surface area contributed by atoms with Crippen molar-refractivity contribution in [2.75, 3.05) is 0 Å². The van der Waals surface area contributed by atoms with Gasteiger partial charge in [-0.15, -0.1) is 11.3 Å². The van der Waals surface area contributed by atoms with Crippen molar-refractivity contribution in [2.45, 2.75) is 12.3 Å². The molecular weight excluding hydrogens is 192 g/mol. The first-order valence-electron chi connectivity index (χ1n) is 4.75. The van der Waals surface area contributed by atoms with Crippen LogP contribution in [0, 0.1) is 0 Å². The molecule has 1 aromatic heterocycles. The molecular formula is C8H8O4S. The predicted molar refractivity (Wildman–Crippen MR) is 46.9 cm³/mol. The van der Waals surface area contributed by atoms with Gasteiger partial charge in [-0.2, -0.15) is 0 Å². The lowest BCUT2D eigenvalue weighted by atomic mass is 9.89. The molecule has 0 aromatic carbocycles. The Labute approximate surface area is 82.7 Å². The molecule has 1 rings (SSSR count). The van der Waals surface area contributed by atoms with Crippen LogP contribution in [0.3, 0.4) is 0 Å². The highest BCUT2D eigenvalue weighted by atomic mass is 32.1. The third-order valence-corrected chi connectivity index (χ3v) is 2.52. The van der Waals surface area contributed by atoms with Crippen LogP contribution in [-0.2, 0) is 15.0 Å². The lowest BCUT2D eigenvalue weighted by Gasteiger charge is -2.17. The summed E-state index contributed by atoms with van der Waals surface area (Å²) in [5.41, 5.74) is -2.89. The highest BCUT2D eigenvalue weighted by Gasteiger charge is 2.44. The first-order valence-corrected chi connectivity index (χ1v) is 4.13. The lowest BCUT2D eigenvalue weighted by molar-refractivity contribution is -0.156. The van der Waals surface area contributed by atoms with Crippen molar-refractivity contribution in [3.05, 3.63) is 22.4 Å². The van der Waals surface area contributed by atoms with Crippen LogP contribution >= 0.6 is 11.3 Å². The Bertz CT molecular complexity index is 395. The summed E-state index contributed by atoms with van der Waals surface area (Å²) in [5, 5.41) is 19.4. The molecule has 0 fully saturated rings. The maximum absolute atomic E-state index is 11.1. The molecule has 0 saturated heterocycles. The van der Waals surface area contributed by atoms with Crippen LogP contribution in [0.2, 0.25) is 0 Å². The number of rotatable bonds is 3. The van der Waals surface area contributed by atoms with Crippen molar-refractivity contribution in [3.63, 3.8) is 0 Å². The molecule has 0 saturated carbocycles. The van der Waals surface area contributed by atoms with Crippen molar-refractivity contribution >= 4 is 23.3 Å². The van der Waals surface area contributed by atoms with Gasteiger partial charge >= 0.3 is 11.9 Å². The summed E-state index contributed by atoms with van der Waals surface area (Å²) in [5.74, 6) is -3.77. The number of aliphatic carboxylic acids is 2. The van der Waals surface area contributed by atoms with Gasteiger partial charge in [-0.3, -0.25) is 9.59 Å². The minimum atomic E-state index is -3.16. The van der Waals surface area contributed by atoms with E-state index in [0.717, 1.165) is 11.3 Å². The first kappa shape index (κ1) is 6.15. The number of thiophene rings is 1. The third kappa shape index (κ3) is 1.42. The molecule has 0 radical (unpaired) electrons. The second-order valence-corrected chi connectivity index (χ2v) is 3.29. The lowest BCUT2D eigenvalue weighted by Crippen LogP contribution is -2.39. The molecule has 70 valence electrons. The summed E-state index contributed by atoms with van der Waals surface area (Å²) in [7, 11) is 0. The Kier molecular flexibility index (Phi) is 1.50. The summed E-state index contributed by atoms with van der Waals surface area (Å²) in [6.07, 6.45) is 0. The smallest absolute Gasteiger partial charge is 0.326 e. The van der Waals surface area contributed by atoms with Crippen LogP contribution in [0.25, 0.3) is 0 Å². The van der Waals surface area contributed by atoms with Gasteiger partial charge in [0.2, 0.25) is 0 Å². The molecule has 2 N–H and O–H groups in total. The second kappa shape index (κ2) is 3.18. The molecule has 0 unspecified atom stereocenters. The van der Waals surface area contributed by atoms with E-state index in [-0.39, 0.29) is 4.88 Å². The zero-order valence-corrected chi connectivity index (χ0v) is 7.17. The van der Waals surface area contributed by atoms with E-state index in [1.807, 2.05) is 0 Å². The molecule has 0 amide bonds. The summed E-state index contributed by atoms with van der Waals surface area (Å²) in [4.78, 5) is 21.9. The zero-order valence-electron chi connectivity index (χ0n) is 9.35. The molecule has 1 heterocycles. The van der Waals surface area contributed by atoms with Crippen LogP contribution < -0.4 is 0 Å². The van der Waals surface area contributed by atoms with Gasteiger partial charge in [0.25, 0.3) is 0 Å². The zero-order chi connectivity index (χ0) is 12.6. The number of hydrogen-bond acceptors (Lipinski definition) is 3. The maximum atomic E-state index is 11.1. The van der Waals surface area contributed by atoms with Gasteiger partial charge < -0.3 is 10.2 Å². The molecule has 0 aliphatic heterocycles. The molecule has 0 spiro atoms. The summed E-state index contributed by atoms with van der Waals surface area (Å²) in [6.45, 7) is -3.16. The maximum Gasteiger partial charge on any atom is 0.326 e. The van der Waals surface area contributed by atoms with Gasteiger partial charge in [-0.05, 0) is 18.3 Å². The SMILES string of the molecule is [2H]C([2H])([2H])C(C(=O)O)(C(=O)O)c1cccs1. The standard InChI is InChI=1S/C8H8O4S/c1-8(6(9)10,7(11)12)5-3-2-4-13-5/h2-4H,1H3,(H,9,10)(H,11,12)/i1D3. The average molecular weight is 203 g/mol. The predicted octanol–water partition coefficient (Wildman–Crippen LogP) is 1.18. The summed E-state index contributed by atoms with van der Waals surface area (Å²) < 4.78 is 21.5. The Hall–Kier alpha value is -1.36. The Morgan fingerprint density at radius 2 is 2.15 bits per heavy atom. The van der Waals surface area contributed by atoms with Crippen molar-refractivity contribution in [2.24, 2.45) is 0 Å². The topological polar surface area (TPSA) is 74.6 Å². The number of carboxylic acids is 2. The molecule has 0 aliphatic carbocycles. The summed E-state index contributed by atoms with van der Waals surface area (Å²) >= 11 is 0.792. The van der Waals surface area contributed by atoms with E-state index in [1.54, 1.807) is 0 Å². The third-order valence-electron chi connectivity index (χ3n) is 1.53. The number of carboxylic acid groups (broad SMARTS) is 2. The minimum Gasteiger partial charge on any atom is -0.480 e. The normalized spacial score (nSPS) is 15.5. The highest BCUT2D eigenvalue weighted by molar-refractivity contribution is 7.10. The Morgan fingerprint density at radius 1 is 1.54 bits per heavy atom. The van der Waals surface area contributed by atoms with E-state index >= 15 is 0 Å². The fourth-order valence-corrected chi connectivity index (χ4v) is 1.61. The Morgan fingerprint density at radius 3 is 2.46 bits per heavy atom. The fourth-order valence-electron chi connectivity index (χ4n) is 0.794. The van der Waals surface area contributed by atoms with Gasteiger partial charge in [0.1, 0.15) is 0 Å². The molecule has 4 nitrogen and oxygen atoms in total. The van der Waals surface area contributed by atoms with E-state index in [1.165, 1.54) is 17.5 Å². The number of carbonyl (C=O) groups is 2. The molecule has 0 bridgehead atoms. The van der Waals surface area contributed by atoms with Gasteiger partial charge in [0.15, 0.2) is 5.41 Å². The van der Waals surface area contributed by atoms with Gasteiger partial charge in [0.05, 0.1) is 0 Å². The molecule has 1 aromatic rings. The largest absolute Gasteiger partial charge is 0.480 e. The van der Waals surface area contributed by atoms with Crippen molar-refractivity contribution in [1.82, 2.24) is 0 Å². The van der Waals surface area contributed by atoms with Gasteiger partial charge in [-0.1, -0.05) is 6.07 Å². The number of hydrogen-bond donors (Lipinski definition) is 2. The van der Waals surface area contributed by atoms with Gasteiger partial charge in [-0.25, -0.2) is 0 Å². The summed E-state index contributed by atoms with van der Waals surface area (Å²) in [6, 6.07) is 2.60. The molecule has 0 aliphatic rings. The van der Waals surface area contributed by atoms with E-state index in [9.17, 15) is 9.59 Å². The second-order valence-electron chi connectivity index (χ2n) is 2.34. The van der Waals surface area contributed by atoms with E-state index in [2.05, 4.69) is 0 Å². The van der Waals surface area contributed by atoms with Crippen molar-refractivity contribution < 1.29 is 23.9 Å².